The maximum atomic E-state index is 14.3. The van der Waals surface area contributed by atoms with Crippen molar-refractivity contribution in [2.45, 2.75) is 12.4 Å². The summed E-state index contributed by atoms with van der Waals surface area (Å²) in [4.78, 5) is 8.68. The highest BCUT2D eigenvalue weighted by atomic mass is 19.4. The van der Waals surface area contributed by atoms with Crippen molar-refractivity contribution < 1.29 is 30.7 Å². The van der Waals surface area contributed by atoms with Crippen LogP contribution in [0.15, 0.2) is 79.0 Å². The lowest BCUT2D eigenvalue weighted by Crippen LogP contribution is -2.05. The highest BCUT2D eigenvalue weighted by Crippen LogP contribution is 2.36. The van der Waals surface area contributed by atoms with Crippen LogP contribution in [0.2, 0.25) is 0 Å². The number of rotatable bonds is 3. The highest BCUT2D eigenvalue weighted by molar-refractivity contribution is 5.80. The number of aromatic nitrogens is 2. The molecular weight excluding hydrogens is 449 g/mol. The molecule has 0 spiro atoms. The standard InChI is InChI=1S/C24H13F7N2/c25-19-4-2-1-3-18(19)20-13-32-21(14-5-9-16(10-6-14)23(26,27)28)22(33-20)15-7-11-17(12-8-15)24(29,30)31/h1-13H. The van der Waals surface area contributed by atoms with Gasteiger partial charge in [0, 0.05) is 16.7 Å². The summed E-state index contributed by atoms with van der Waals surface area (Å²) >= 11 is 0. The molecule has 4 aromatic rings. The predicted octanol–water partition coefficient (Wildman–Crippen LogP) is 7.65. The van der Waals surface area contributed by atoms with E-state index >= 15 is 0 Å². The average molecular weight is 462 g/mol. The molecule has 0 aliphatic carbocycles. The SMILES string of the molecule is Fc1ccccc1-c1cnc(-c2ccc(C(F)(F)F)cc2)c(-c2ccc(C(F)(F)F)cc2)n1. The Kier molecular flexibility index (Phi) is 5.65. The van der Waals surface area contributed by atoms with E-state index in [1.165, 1.54) is 48.7 Å². The number of halogens is 7. The zero-order valence-corrected chi connectivity index (χ0v) is 16.5. The van der Waals surface area contributed by atoms with E-state index in [2.05, 4.69) is 9.97 Å². The second-order valence-electron chi connectivity index (χ2n) is 7.08. The van der Waals surface area contributed by atoms with E-state index in [0.717, 1.165) is 24.3 Å². The van der Waals surface area contributed by atoms with E-state index < -0.39 is 29.3 Å². The molecule has 9 heteroatoms. The highest BCUT2D eigenvalue weighted by Gasteiger charge is 2.31. The van der Waals surface area contributed by atoms with E-state index in [4.69, 9.17) is 0 Å². The Hall–Kier alpha value is -3.75. The van der Waals surface area contributed by atoms with Gasteiger partial charge in [-0.3, -0.25) is 4.98 Å². The molecule has 0 fully saturated rings. The molecule has 0 saturated heterocycles. The molecule has 2 nitrogen and oxygen atoms in total. The van der Waals surface area contributed by atoms with Crippen molar-refractivity contribution in [1.82, 2.24) is 9.97 Å². The van der Waals surface area contributed by atoms with Crippen molar-refractivity contribution in [3.63, 3.8) is 0 Å². The van der Waals surface area contributed by atoms with E-state index in [1.54, 1.807) is 6.07 Å². The smallest absolute Gasteiger partial charge is 0.252 e. The number of hydrogen-bond donors (Lipinski definition) is 0. The first kappa shape index (κ1) is 22.4. The molecule has 3 aromatic carbocycles. The molecule has 1 aromatic heterocycles. The largest absolute Gasteiger partial charge is 0.416 e. The van der Waals surface area contributed by atoms with Gasteiger partial charge < -0.3 is 0 Å². The lowest BCUT2D eigenvalue weighted by atomic mass is 10.0. The fourth-order valence-electron chi connectivity index (χ4n) is 3.23. The Morgan fingerprint density at radius 3 is 1.55 bits per heavy atom. The summed E-state index contributed by atoms with van der Waals surface area (Å²) in [5, 5.41) is 0. The molecule has 0 saturated carbocycles. The van der Waals surface area contributed by atoms with Gasteiger partial charge in [0.2, 0.25) is 0 Å². The molecule has 0 aliphatic heterocycles. The van der Waals surface area contributed by atoms with Gasteiger partial charge in [0.1, 0.15) is 5.82 Å². The molecule has 0 amide bonds. The van der Waals surface area contributed by atoms with Crippen molar-refractivity contribution in [3.05, 3.63) is 95.9 Å². The molecular formula is C24H13F7N2. The zero-order valence-electron chi connectivity index (χ0n) is 16.5. The van der Waals surface area contributed by atoms with Crippen LogP contribution in [0.4, 0.5) is 30.7 Å². The summed E-state index contributed by atoms with van der Waals surface area (Å²) in [5.41, 5.74) is -0.739. The Bertz CT molecular complexity index is 1280. The number of hydrogen-bond acceptors (Lipinski definition) is 2. The lowest BCUT2D eigenvalue weighted by molar-refractivity contribution is -0.138. The van der Waals surface area contributed by atoms with Gasteiger partial charge in [-0.1, -0.05) is 36.4 Å². The van der Waals surface area contributed by atoms with Gasteiger partial charge in [0.15, 0.2) is 0 Å². The van der Waals surface area contributed by atoms with Gasteiger partial charge in [0.25, 0.3) is 0 Å². The van der Waals surface area contributed by atoms with Crippen molar-refractivity contribution in [2.24, 2.45) is 0 Å². The summed E-state index contributed by atoms with van der Waals surface area (Å²) in [6, 6.07) is 14.0. The third-order valence-electron chi connectivity index (χ3n) is 4.89. The van der Waals surface area contributed by atoms with Crippen LogP contribution in [0, 0.1) is 5.82 Å². The second-order valence-corrected chi connectivity index (χ2v) is 7.08. The summed E-state index contributed by atoms with van der Waals surface area (Å²) in [7, 11) is 0. The number of alkyl halides is 6. The minimum atomic E-state index is -4.55. The van der Waals surface area contributed by atoms with E-state index in [-0.39, 0.29) is 33.8 Å². The predicted molar refractivity (Wildman–Crippen MR) is 108 cm³/mol. The maximum Gasteiger partial charge on any atom is 0.416 e. The minimum Gasteiger partial charge on any atom is -0.252 e. The van der Waals surface area contributed by atoms with Crippen LogP contribution in [0.3, 0.4) is 0 Å². The van der Waals surface area contributed by atoms with E-state index in [9.17, 15) is 30.7 Å². The average Bonchev–Trinajstić information content (AvgIpc) is 2.78. The Morgan fingerprint density at radius 1 is 0.576 bits per heavy atom. The first-order chi connectivity index (χ1) is 15.5. The second kappa shape index (κ2) is 8.31. The van der Waals surface area contributed by atoms with Crippen molar-refractivity contribution in [1.29, 1.82) is 0 Å². The minimum absolute atomic E-state index is 0.101. The monoisotopic (exact) mass is 462 g/mol. The van der Waals surface area contributed by atoms with E-state index in [0.29, 0.717) is 0 Å². The molecule has 0 unspecified atom stereocenters. The normalized spacial score (nSPS) is 12.1. The van der Waals surface area contributed by atoms with E-state index in [1.807, 2.05) is 0 Å². The van der Waals surface area contributed by atoms with Gasteiger partial charge in [-0.05, 0) is 36.4 Å². The molecule has 0 bridgehead atoms. The Balaban J connectivity index is 1.87. The molecule has 33 heavy (non-hydrogen) atoms. The molecule has 168 valence electrons. The van der Waals surface area contributed by atoms with Crippen molar-refractivity contribution in [3.8, 4) is 33.8 Å². The van der Waals surface area contributed by atoms with Gasteiger partial charge in [-0.2, -0.15) is 26.3 Å². The Morgan fingerprint density at radius 2 is 1.06 bits per heavy atom. The first-order valence-electron chi connectivity index (χ1n) is 9.51. The van der Waals surface area contributed by atoms with Crippen LogP contribution in [0.5, 0.6) is 0 Å². The fourth-order valence-corrected chi connectivity index (χ4v) is 3.23. The third-order valence-corrected chi connectivity index (χ3v) is 4.89. The van der Waals surface area contributed by atoms with Crippen LogP contribution in [-0.2, 0) is 12.4 Å². The van der Waals surface area contributed by atoms with Gasteiger partial charge in [-0.25, -0.2) is 9.37 Å². The van der Waals surface area contributed by atoms with Crippen molar-refractivity contribution in [2.75, 3.05) is 0 Å². The summed E-state index contributed by atoms with van der Waals surface area (Å²) in [6.45, 7) is 0. The molecule has 0 radical (unpaired) electrons. The van der Waals surface area contributed by atoms with Gasteiger partial charge in [-0.15, -0.1) is 0 Å². The zero-order chi connectivity index (χ0) is 23.8. The molecule has 0 aliphatic rings. The lowest BCUT2D eigenvalue weighted by Gasteiger charge is -2.13. The first-order valence-corrected chi connectivity index (χ1v) is 9.51. The molecule has 0 atom stereocenters. The maximum absolute atomic E-state index is 14.3. The summed E-state index contributed by atoms with van der Waals surface area (Å²) in [6.07, 6.45) is -7.82. The van der Waals surface area contributed by atoms with Crippen LogP contribution in [-0.4, -0.2) is 9.97 Å². The topological polar surface area (TPSA) is 25.8 Å². The molecule has 0 N–H and O–H groups in total. The van der Waals surface area contributed by atoms with Crippen LogP contribution >= 0.6 is 0 Å². The van der Waals surface area contributed by atoms with Gasteiger partial charge >= 0.3 is 12.4 Å². The number of nitrogens with zero attached hydrogens (tertiary/aromatic N) is 2. The quantitative estimate of drug-likeness (QED) is 0.292. The number of benzene rings is 3. The van der Waals surface area contributed by atoms with Crippen LogP contribution in [0.25, 0.3) is 33.8 Å². The summed E-state index contributed by atoms with van der Waals surface area (Å²) < 4.78 is 92.0. The fraction of sp³-hybridized carbons (Fsp3) is 0.0833. The third kappa shape index (κ3) is 4.72. The summed E-state index contributed by atoms with van der Waals surface area (Å²) in [5.74, 6) is -0.576. The van der Waals surface area contributed by atoms with Crippen molar-refractivity contribution >= 4 is 0 Å². The Labute approximate surface area is 183 Å². The molecule has 4 rings (SSSR count). The van der Waals surface area contributed by atoms with Crippen LogP contribution in [0.1, 0.15) is 11.1 Å². The molecule has 1 heterocycles. The van der Waals surface area contributed by atoms with Crippen LogP contribution < -0.4 is 0 Å². The van der Waals surface area contributed by atoms with Gasteiger partial charge in [0.05, 0.1) is 34.4 Å².